The number of benzene rings is 1. The van der Waals surface area contributed by atoms with Crippen LogP contribution in [0.2, 0.25) is 0 Å². The Kier molecular flexibility index (Phi) is 6.30. The van der Waals surface area contributed by atoms with E-state index in [-0.39, 0.29) is 12.5 Å². The lowest BCUT2D eigenvalue weighted by Gasteiger charge is -2.13. The van der Waals surface area contributed by atoms with Gasteiger partial charge in [-0.15, -0.1) is 23.5 Å². The molecule has 1 aromatic heterocycles. The van der Waals surface area contributed by atoms with Crippen molar-refractivity contribution in [3.8, 4) is 0 Å². The summed E-state index contributed by atoms with van der Waals surface area (Å²) >= 11 is 3.07. The molecule has 1 heterocycles. The summed E-state index contributed by atoms with van der Waals surface area (Å²) in [7, 11) is 0. The van der Waals surface area contributed by atoms with Crippen molar-refractivity contribution < 1.29 is 9.90 Å². The number of carbonyl (C=O) groups is 1. The van der Waals surface area contributed by atoms with Crippen LogP contribution in [0.15, 0.2) is 52.5 Å². The summed E-state index contributed by atoms with van der Waals surface area (Å²) in [6.45, 7) is 0.167. The minimum Gasteiger partial charge on any atom is -0.387 e. The van der Waals surface area contributed by atoms with Crippen molar-refractivity contribution in [1.82, 2.24) is 10.3 Å². The number of pyridine rings is 1. The summed E-state index contributed by atoms with van der Waals surface area (Å²) < 4.78 is 0. The highest BCUT2D eigenvalue weighted by molar-refractivity contribution is 7.98. The van der Waals surface area contributed by atoms with E-state index in [1.54, 1.807) is 30.1 Å². The largest absolute Gasteiger partial charge is 0.387 e. The van der Waals surface area contributed by atoms with Crippen LogP contribution in [0.25, 0.3) is 0 Å². The van der Waals surface area contributed by atoms with Gasteiger partial charge in [0.2, 0.25) is 0 Å². The van der Waals surface area contributed by atoms with Crippen molar-refractivity contribution in [3.63, 3.8) is 0 Å². The number of amides is 1. The van der Waals surface area contributed by atoms with Crippen molar-refractivity contribution in [3.05, 3.63) is 53.7 Å². The number of aliphatic hydroxyl groups is 1. The SMILES string of the molecule is CSc1ccc(C(O)CNC(=O)c2cccnc2SC)cc1. The van der Waals surface area contributed by atoms with Crippen LogP contribution in [0.5, 0.6) is 0 Å². The Hall–Kier alpha value is -1.50. The van der Waals surface area contributed by atoms with Crippen molar-refractivity contribution in [2.75, 3.05) is 19.1 Å². The molecular formula is C16H18N2O2S2. The van der Waals surface area contributed by atoms with E-state index in [4.69, 9.17) is 0 Å². The molecule has 2 rings (SSSR count). The number of hydrogen-bond acceptors (Lipinski definition) is 5. The predicted molar refractivity (Wildman–Crippen MR) is 91.5 cm³/mol. The van der Waals surface area contributed by atoms with Gasteiger partial charge < -0.3 is 10.4 Å². The summed E-state index contributed by atoms with van der Waals surface area (Å²) in [6, 6.07) is 11.1. The van der Waals surface area contributed by atoms with Crippen LogP contribution in [0.4, 0.5) is 0 Å². The molecule has 1 atom stereocenters. The predicted octanol–water partition coefficient (Wildman–Crippen LogP) is 2.99. The van der Waals surface area contributed by atoms with Gasteiger partial charge in [-0.25, -0.2) is 4.98 Å². The summed E-state index contributed by atoms with van der Waals surface area (Å²) in [4.78, 5) is 17.5. The number of aromatic nitrogens is 1. The van der Waals surface area contributed by atoms with Gasteiger partial charge in [0.15, 0.2) is 0 Å². The molecule has 22 heavy (non-hydrogen) atoms. The Bertz CT molecular complexity index is 632. The second kappa shape index (κ2) is 8.22. The third-order valence-corrected chi connectivity index (χ3v) is 4.62. The van der Waals surface area contributed by atoms with Crippen molar-refractivity contribution >= 4 is 29.4 Å². The molecule has 1 amide bonds. The number of rotatable bonds is 6. The average molecular weight is 334 g/mol. The van der Waals surface area contributed by atoms with Gasteiger partial charge in [-0.3, -0.25) is 4.79 Å². The lowest BCUT2D eigenvalue weighted by atomic mass is 10.1. The van der Waals surface area contributed by atoms with Crippen LogP contribution in [-0.2, 0) is 0 Å². The maximum Gasteiger partial charge on any atom is 0.254 e. The second-order valence-corrected chi connectivity index (χ2v) is 6.23. The van der Waals surface area contributed by atoms with Gasteiger partial charge in [0.1, 0.15) is 5.03 Å². The van der Waals surface area contributed by atoms with E-state index in [0.29, 0.717) is 10.6 Å². The summed E-state index contributed by atoms with van der Waals surface area (Å²) in [5.41, 5.74) is 1.31. The maximum absolute atomic E-state index is 12.2. The van der Waals surface area contributed by atoms with Crippen LogP contribution in [-0.4, -0.2) is 35.1 Å². The Morgan fingerprint density at radius 2 is 1.95 bits per heavy atom. The molecule has 2 N–H and O–H groups in total. The highest BCUT2D eigenvalue weighted by Gasteiger charge is 2.14. The van der Waals surface area contributed by atoms with Gasteiger partial charge >= 0.3 is 0 Å². The summed E-state index contributed by atoms with van der Waals surface area (Å²) in [5.74, 6) is -0.225. The Morgan fingerprint density at radius 1 is 1.23 bits per heavy atom. The van der Waals surface area contributed by atoms with Gasteiger partial charge in [-0.1, -0.05) is 12.1 Å². The van der Waals surface area contributed by atoms with E-state index in [9.17, 15) is 9.90 Å². The zero-order valence-corrected chi connectivity index (χ0v) is 14.1. The zero-order chi connectivity index (χ0) is 15.9. The number of nitrogens with one attached hydrogen (secondary N) is 1. The van der Waals surface area contributed by atoms with Crippen LogP contribution in [0.1, 0.15) is 22.0 Å². The Balaban J connectivity index is 1.97. The van der Waals surface area contributed by atoms with Crippen LogP contribution >= 0.6 is 23.5 Å². The quantitative estimate of drug-likeness (QED) is 0.795. The van der Waals surface area contributed by atoms with E-state index in [1.165, 1.54) is 11.8 Å². The molecule has 1 unspecified atom stereocenters. The van der Waals surface area contributed by atoms with Gasteiger partial charge in [0.05, 0.1) is 11.7 Å². The number of thioether (sulfide) groups is 2. The molecule has 116 valence electrons. The first-order valence-corrected chi connectivity index (χ1v) is 9.20. The molecular weight excluding hydrogens is 316 g/mol. The lowest BCUT2D eigenvalue weighted by molar-refractivity contribution is 0.0912. The molecule has 6 heteroatoms. The van der Waals surface area contributed by atoms with Crippen molar-refractivity contribution in [2.45, 2.75) is 16.0 Å². The molecule has 1 aromatic carbocycles. The fourth-order valence-corrected chi connectivity index (χ4v) is 2.91. The van der Waals surface area contributed by atoms with Crippen molar-refractivity contribution in [2.24, 2.45) is 0 Å². The molecule has 2 aromatic rings. The molecule has 0 saturated carbocycles. The second-order valence-electron chi connectivity index (χ2n) is 4.56. The molecule has 0 spiro atoms. The number of carbonyl (C=O) groups excluding carboxylic acids is 1. The van der Waals surface area contributed by atoms with Gasteiger partial charge in [0.25, 0.3) is 5.91 Å². The van der Waals surface area contributed by atoms with E-state index in [2.05, 4.69) is 10.3 Å². The number of nitrogens with zero attached hydrogens (tertiary/aromatic N) is 1. The Morgan fingerprint density at radius 3 is 2.59 bits per heavy atom. The minimum absolute atomic E-state index is 0.167. The van der Waals surface area contributed by atoms with E-state index >= 15 is 0 Å². The molecule has 4 nitrogen and oxygen atoms in total. The lowest BCUT2D eigenvalue weighted by Crippen LogP contribution is -2.28. The van der Waals surface area contributed by atoms with Gasteiger partial charge in [-0.2, -0.15) is 0 Å². The molecule has 0 aliphatic rings. The molecule has 0 fully saturated rings. The Labute approximate surface area is 138 Å². The first-order chi connectivity index (χ1) is 10.7. The average Bonchev–Trinajstić information content (AvgIpc) is 2.59. The molecule has 0 aliphatic heterocycles. The monoisotopic (exact) mass is 334 g/mol. The summed E-state index contributed by atoms with van der Waals surface area (Å²) in [6.07, 6.45) is 4.81. The fourth-order valence-electron chi connectivity index (χ4n) is 1.95. The topological polar surface area (TPSA) is 62.2 Å². The van der Waals surface area contributed by atoms with Gasteiger partial charge in [0, 0.05) is 17.6 Å². The summed E-state index contributed by atoms with van der Waals surface area (Å²) in [5, 5.41) is 13.6. The molecule has 0 bridgehead atoms. The highest BCUT2D eigenvalue weighted by Crippen LogP contribution is 2.19. The third kappa shape index (κ3) is 4.25. The molecule has 0 aliphatic carbocycles. The van der Waals surface area contributed by atoms with Gasteiger partial charge in [-0.05, 0) is 42.3 Å². The van der Waals surface area contributed by atoms with E-state index in [1.807, 2.05) is 36.8 Å². The van der Waals surface area contributed by atoms with Crippen LogP contribution in [0.3, 0.4) is 0 Å². The third-order valence-electron chi connectivity index (χ3n) is 3.17. The highest BCUT2D eigenvalue weighted by atomic mass is 32.2. The van der Waals surface area contributed by atoms with Crippen LogP contribution in [0, 0.1) is 0 Å². The van der Waals surface area contributed by atoms with Crippen LogP contribution < -0.4 is 5.32 Å². The normalized spacial score (nSPS) is 12.0. The zero-order valence-electron chi connectivity index (χ0n) is 12.4. The standard InChI is InChI=1S/C16H18N2O2S2/c1-21-12-7-5-11(6-8-12)14(19)10-18-15(20)13-4-3-9-17-16(13)22-2/h3-9,14,19H,10H2,1-2H3,(H,18,20). The minimum atomic E-state index is -0.728. The van der Waals surface area contributed by atoms with Crippen molar-refractivity contribution in [1.29, 1.82) is 0 Å². The first kappa shape index (κ1) is 16.9. The van der Waals surface area contributed by atoms with E-state index in [0.717, 1.165) is 10.5 Å². The number of aliphatic hydroxyl groups excluding tert-OH is 1. The molecule has 0 saturated heterocycles. The maximum atomic E-state index is 12.2. The first-order valence-electron chi connectivity index (χ1n) is 6.75. The smallest absolute Gasteiger partial charge is 0.254 e. The fraction of sp³-hybridized carbons (Fsp3) is 0.250. The molecule has 0 radical (unpaired) electrons. The number of hydrogen-bond donors (Lipinski definition) is 2. The van der Waals surface area contributed by atoms with E-state index < -0.39 is 6.10 Å².